The fourth-order valence-corrected chi connectivity index (χ4v) is 1.73. The number of hydrogen-bond acceptors (Lipinski definition) is 2. The van der Waals surface area contributed by atoms with E-state index in [0.717, 1.165) is 0 Å². The van der Waals surface area contributed by atoms with Crippen molar-refractivity contribution in [3.63, 3.8) is 0 Å². The Hall–Kier alpha value is -1.13. The number of carbonyl (C=O) groups is 1. The molecule has 1 aromatic rings. The zero-order valence-corrected chi connectivity index (χ0v) is 11.5. The van der Waals surface area contributed by atoms with Gasteiger partial charge in [-0.2, -0.15) is 0 Å². The molecule has 0 fully saturated rings. The zero-order chi connectivity index (χ0) is 13.7. The maximum Gasteiger partial charge on any atom is 0.237 e. The third-order valence-corrected chi connectivity index (χ3v) is 2.58. The summed E-state index contributed by atoms with van der Waals surface area (Å²) in [6.07, 6.45) is 0. The maximum atomic E-state index is 13.1. The number of carbonyl (C=O) groups excluding carboxylic acids is 1. The van der Waals surface area contributed by atoms with Gasteiger partial charge in [-0.15, -0.1) is 0 Å². The highest BCUT2D eigenvalue weighted by molar-refractivity contribution is 6.30. The first-order chi connectivity index (χ1) is 8.38. The number of hydrogen-bond donors (Lipinski definition) is 2. The lowest BCUT2D eigenvalue weighted by Crippen LogP contribution is -2.44. The van der Waals surface area contributed by atoms with E-state index >= 15 is 0 Å². The molecule has 1 unspecified atom stereocenters. The van der Waals surface area contributed by atoms with Gasteiger partial charge in [-0.3, -0.25) is 4.79 Å². The Labute approximate surface area is 112 Å². The van der Waals surface area contributed by atoms with Gasteiger partial charge in [0.15, 0.2) is 0 Å². The van der Waals surface area contributed by atoms with Crippen LogP contribution in [0.25, 0.3) is 0 Å². The lowest BCUT2D eigenvalue weighted by Gasteiger charge is -2.16. The van der Waals surface area contributed by atoms with E-state index in [1.807, 2.05) is 13.8 Å². The van der Waals surface area contributed by atoms with Crippen molar-refractivity contribution in [1.82, 2.24) is 10.6 Å². The summed E-state index contributed by atoms with van der Waals surface area (Å²) in [5, 5.41) is 6.17. The molecule has 1 amide bonds. The second kappa shape index (κ2) is 6.71. The van der Waals surface area contributed by atoms with Gasteiger partial charge in [-0.1, -0.05) is 11.6 Å². The third kappa shape index (κ3) is 5.02. The SMILES string of the molecule is CC(C)NC(=O)C(C)NCc1cc(F)cc(Cl)c1. The summed E-state index contributed by atoms with van der Waals surface area (Å²) >= 11 is 5.75. The topological polar surface area (TPSA) is 41.1 Å². The normalized spacial score (nSPS) is 12.6. The third-order valence-electron chi connectivity index (χ3n) is 2.36. The molecule has 2 N–H and O–H groups in total. The monoisotopic (exact) mass is 272 g/mol. The second-order valence-electron chi connectivity index (χ2n) is 4.54. The van der Waals surface area contributed by atoms with Crippen molar-refractivity contribution >= 4 is 17.5 Å². The number of halogens is 2. The Kier molecular flexibility index (Phi) is 5.56. The Morgan fingerprint density at radius 3 is 2.56 bits per heavy atom. The summed E-state index contributed by atoms with van der Waals surface area (Å²) in [5.41, 5.74) is 0.712. The summed E-state index contributed by atoms with van der Waals surface area (Å²) in [6, 6.07) is 4.08. The van der Waals surface area contributed by atoms with E-state index in [9.17, 15) is 9.18 Å². The molecular formula is C13H18ClFN2O. The molecule has 0 aliphatic carbocycles. The van der Waals surface area contributed by atoms with E-state index in [2.05, 4.69) is 10.6 Å². The number of rotatable bonds is 5. The van der Waals surface area contributed by atoms with Crippen LogP contribution in [0.2, 0.25) is 5.02 Å². The van der Waals surface area contributed by atoms with E-state index in [1.54, 1.807) is 13.0 Å². The fourth-order valence-electron chi connectivity index (χ4n) is 1.49. The van der Waals surface area contributed by atoms with E-state index in [4.69, 9.17) is 11.6 Å². The van der Waals surface area contributed by atoms with Gasteiger partial charge >= 0.3 is 0 Å². The fraction of sp³-hybridized carbons (Fsp3) is 0.462. The molecule has 0 aliphatic heterocycles. The minimum atomic E-state index is -0.376. The van der Waals surface area contributed by atoms with Gasteiger partial charge < -0.3 is 10.6 Å². The molecule has 0 saturated heterocycles. The van der Waals surface area contributed by atoms with Crippen molar-refractivity contribution in [3.8, 4) is 0 Å². The van der Waals surface area contributed by atoms with Crippen LogP contribution in [0.3, 0.4) is 0 Å². The van der Waals surface area contributed by atoms with Gasteiger partial charge in [-0.25, -0.2) is 4.39 Å². The first kappa shape index (κ1) is 14.9. The first-order valence-electron chi connectivity index (χ1n) is 5.87. The molecule has 0 aromatic heterocycles. The quantitative estimate of drug-likeness (QED) is 0.865. The molecule has 0 saturated carbocycles. The standard InChI is InChI=1S/C13H18ClFN2O/c1-8(2)17-13(18)9(3)16-7-10-4-11(14)6-12(15)5-10/h4-6,8-9,16H,7H2,1-3H3,(H,17,18). The second-order valence-corrected chi connectivity index (χ2v) is 4.98. The van der Waals surface area contributed by atoms with E-state index < -0.39 is 0 Å². The van der Waals surface area contributed by atoms with Crippen LogP contribution in [0, 0.1) is 5.82 Å². The van der Waals surface area contributed by atoms with Crippen LogP contribution in [0.15, 0.2) is 18.2 Å². The molecule has 1 rings (SSSR count). The van der Waals surface area contributed by atoms with Gasteiger partial charge in [0.25, 0.3) is 0 Å². The Morgan fingerprint density at radius 1 is 1.33 bits per heavy atom. The van der Waals surface area contributed by atoms with Crippen molar-refractivity contribution in [3.05, 3.63) is 34.6 Å². The number of nitrogens with one attached hydrogen (secondary N) is 2. The molecule has 1 aromatic carbocycles. The summed E-state index contributed by atoms with van der Waals surface area (Å²) in [6.45, 7) is 5.96. The summed E-state index contributed by atoms with van der Waals surface area (Å²) in [4.78, 5) is 11.6. The molecule has 5 heteroatoms. The predicted molar refractivity (Wildman–Crippen MR) is 71.0 cm³/mol. The lowest BCUT2D eigenvalue weighted by atomic mass is 10.2. The minimum Gasteiger partial charge on any atom is -0.353 e. The van der Waals surface area contributed by atoms with Gasteiger partial charge in [0, 0.05) is 17.6 Å². The van der Waals surface area contributed by atoms with Crippen molar-refractivity contribution in [2.75, 3.05) is 0 Å². The Bertz CT molecular complexity index is 403. The van der Waals surface area contributed by atoms with Gasteiger partial charge in [0.1, 0.15) is 5.82 Å². The first-order valence-corrected chi connectivity index (χ1v) is 6.25. The van der Waals surface area contributed by atoms with Crippen molar-refractivity contribution in [1.29, 1.82) is 0 Å². The van der Waals surface area contributed by atoms with Crippen LogP contribution >= 0.6 is 11.6 Å². The minimum absolute atomic E-state index is 0.0764. The van der Waals surface area contributed by atoms with E-state index in [0.29, 0.717) is 17.1 Å². The molecule has 0 radical (unpaired) electrons. The predicted octanol–water partition coefficient (Wildman–Crippen LogP) is 2.48. The van der Waals surface area contributed by atoms with Crippen LogP contribution in [-0.2, 0) is 11.3 Å². The van der Waals surface area contributed by atoms with Crippen LogP contribution in [0.5, 0.6) is 0 Å². The molecule has 3 nitrogen and oxygen atoms in total. The Morgan fingerprint density at radius 2 is 2.00 bits per heavy atom. The largest absolute Gasteiger partial charge is 0.353 e. The molecule has 0 heterocycles. The molecule has 0 bridgehead atoms. The molecule has 1 atom stereocenters. The zero-order valence-electron chi connectivity index (χ0n) is 10.8. The summed E-state index contributed by atoms with van der Waals surface area (Å²) < 4.78 is 13.1. The molecule has 0 spiro atoms. The van der Waals surface area contributed by atoms with Crippen LogP contribution in [0.1, 0.15) is 26.3 Å². The van der Waals surface area contributed by atoms with Crippen molar-refractivity contribution in [2.45, 2.75) is 39.4 Å². The summed E-state index contributed by atoms with van der Waals surface area (Å²) in [7, 11) is 0. The molecule has 18 heavy (non-hydrogen) atoms. The highest BCUT2D eigenvalue weighted by atomic mass is 35.5. The van der Waals surface area contributed by atoms with Crippen LogP contribution < -0.4 is 10.6 Å². The molecule has 100 valence electrons. The molecular weight excluding hydrogens is 255 g/mol. The average Bonchev–Trinajstić information content (AvgIpc) is 2.23. The lowest BCUT2D eigenvalue weighted by molar-refractivity contribution is -0.123. The maximum absolute atomic E-state index is 13.1. The van der Waals surface area contributed by atoms with Gasteiger partial charge in [-0.05, 0) is 44.5 Å². The molecule has 0 aliphatic rings. The Balaban J connectivity index is 2.51. The van der Waals surface area contributed by atoms with Crippen LogP contribution in [-0.4, -0.2) is 18.0 Å². The average molecular weight is 273 g/mol. The van der Waals surface area contributed by atoms with Gasteiger partial charge in [0.05, 0.1) is 6.04 Å². The van der Waals surface area contributed by atoms with Crippen molar-refractivity contribution in [2.24, 2.45) is 0 Å². The highest BCUT2D eigenvalue weighted by Crippen LogP contribution is 2.13. The number of benzene rings is 1. The van der Waals surface area contributed by atoms with Crippen molar-refractivity contribution < 1.29 is 9.18 Å². The van der Waals surface area contributed by atoms with E-state index in [1.165, 1.54) is 12.1 Å². The van der Waals surface area contributed by atoms with Crippen LogP contribution in [0.4, 0.5) is 4.39 Å². The van der Waals surface area contributed by atoms with E-state index in [-0.39, 0.29) is 23.8 Å². The number of amides is 1. The summed E-state index contributed by atoms with van der Waals surface area (Å²) in [5.74, 6) is -0.453. The highest BCUT2D eigenvalue weighted by Gasteiger charge is 2.12. The van der Waals surface area contributed by atoms with Gasteiger partial charge in [0.2, 0.25) is 5.91 Å². The smallest absolute Gasteiger partial charge is 0.237 e.